The Labute approximate surface area is 78.4 Å². The molecule has 2 rings (SSSR count). The molecular weight excluding hydrogens is 188 g/mol. The van der Waals surface area contributed by atoms with Gasteiger partial charge in [-0.3, -0.25) is 0 Å². The Balaban J connectivity index is 1.97. The molecule has 0 N–H and O–H groups in total. The molecule has 74 valence electrons. The fourth-order valence-corrected chi connectivity index (χ4v) is 4.08. The molecule has 1 heterocycles. The summed E-state index contributed by atoms with van der Waals surface area (Å²) in [6, 6.07) is 0. The molecule has 3 nitrogen and oxygen atoms in total. The summed E-state index contributed by atoms with van der Waals surface area (Å²) in [6.07, 6.45) is 4.23. The molecule has 1 atom stereocenters. The summed E-state index contributed by atoms with van der Waals surface area (Å²) in [5, 5.41) is 0. The van der Waals surface area contributed by atoms with Gasteiger partial charge in [0.2, 0.25) is 0 Å². The molecular formula is C9H14O3S. The molecule has 0 aromatic heterocycles. The molecule has 0 aromatic carbocycles. The van der Waals surface area contributed by atoms with Gasteiger partial charge in [0.1, 0.15) is 16.1 Å². The first-order valence-electron chi connectivity index (χ1n) is 4.72. The maximum atomic E-state index is 11.2. The summed E-state index contributed by atoms with van der Waals surface area (Å²) in [5.41, 5.74) is 0.242. The van der Waals surface area contributed by atoms with Crippen molar-refractivity contribution in [3.63, 3.8) is 0 Å². The standard InChI is InChI=1S/C9H14O3S/c10-4-1-8-7-9(8)2-5-13(11,12)6-3-9/h4,8H,1-3,5-7H2. The molecule has 0 bridgehead atoms. The van der Waals surface area contributed by atoms with Crippen molar-refractivity contribution in [1.82, 2.24) is 0 Å². The molecule has 0 amide bonds. The summed E-state index contributed by atoms with van der Waals surface area (Å²) < 4.78 is 22.3. The van der Waals surface area contributed by atoms with Crippen LogP contribution in [0, 0.1) is 11.3 Å². The lowest BCUT2D eigenvalue weighted by atomic mass is 9.95. The molecule has 1 aliphatic heterocycles. The average molecular weight is 202 g/mol. The van der Waals surface area contributed by atoms with E-state index in [2.05, 4.69) is 0 Å². The maximum Gasteiger partial charge on any atom is 0.150 e. The van der Waals surface area contributed by atoms with E-state index in [4.69, 9.17) is 0 Å². The minimum Gasteiger partial charge on any atom is -0.303 e. The number of rotatable bonds is 2. The van der Waals surface area contributed by atoms with Crippen LogP contribution in [0.5, 0.6) is 0 Å². The number of carbonyl (C=O) groups is 1. The topological polar surface area (TPSA) is 51.2 Å². The van der Waals surface area contributed by atoms with Gasteiger partial charge in [-0.2, -0.15) is 0 Å². The van der Waals surface area contributed by atoms with Crippen LogP contribution in [0.1, 0.15) is 25.7 Å². The average Bonchev–Trinajstić information content (AvgIpc) is 2.73. The molecule has 4 heteroatoms. The van der Waals surface area contributed by atoms with Gasteiger partial charge >= 0.3 is 0 Å². The Morgan fingerprint density at radius 3 is 2.46 bits per heavy atom. The number of carbonyl (C=O) groups excluding carboxylic acids is 1. The lowest BCUT2D eigenvalue weighted by molar-refractivity contribution is -0.108. The van der Waals surface area contributed by atoms with Crippen molar-refractivity contribution in [2.24, 2.45) is 11.3 Å². The van der Waals surface area contributed by atoms with E-state index in [-0.39, 0.29) is 5.41 Å². The highest BCUT2D eigenvalue weighted by Gasteiger charge is 2.55. The molecule has 1 spiro atoms. The van der Waals surface area contributed by atoms with Crippen LogP contribution in [0.4, 0.5) is 0 Å². The van der Waals surface area contributed by atoms with Gasteiger partial charge in [0.05, 0.1) is 11.5 Å². The number of hydrogen-bond donors (Lipinski definition) is 0. The lowest BCUT2D eigenvalue weighted by Crippen LogP contribution is -2.25. The van der Waals surface area contributed by atoms with Gasteiger partial charge in [-0.25, -0.2) is 8.42 Å². The zero-order valence-electron chi connectivity index (χ0n) is 7.53. The van der Waals surface area contributed by atoms with Gasteiger partial charge in [-0.15, -0.1) is 0 Å². The molecule has 2 fully saturated rings. The maximum absolute atomic E-state index is 11.2. The molecule has 1 aliphatic carbocycles. The Hall–Kier alpha value is -0.380. The molecule has 0 aromatic rings. The van der Waals surface area contributed by atoms with Gasteiger partial charge in [0.25, 0.3) is 0 Å². The Bertz CT molecular complexity index is 304. The van der Waals surface area contributed by atoms with Crippen molar-refractivity contribution in [2.45, 2.75) is 25.7 Å². The van der Waals surface area contributed by atoms with Crippen LogP contribution in [0.2, 0.25) is 0 Å². The first-order valence-corrected chi connectivity index (χ1v) is 6.54. The smallest absolute Gasteiger partial charge is 0.150 e. The lowest BCUT2D eigenvalue weighted by Gasteiger charge is -2.22. The quantitative estimate of drug-likeness (QED) is 0.622. The van der Waals surface area contributed by atoms with E-state index in [1.54, 1.807) is 0 Å². The minimum atomic E-state index is -2.74. The summed E-state index contributed by atoms with van der Waals surface area (Å²) >= 11 is 0. The second kappa shape index (κ2) is 2.80. The first kappa shape index (κ1) is 9.19. The van der Waals surface area contributed by atoms with Crippen LogP contribution < -0.4 is 0 Å². The second-order valence-corrected chi connectivity index (χ2v) is 6.62. The largest absolute Gasteiger partial charge is 0.303 e. The van der Waals surface area contributed by atoms with E-state index in [9.17, 15) is 13.2 Å². The van der Waals surface area contributed by atoms with Crippen LogP contribution >= 0.6 is 0 Å². The summed E-state index contributed by atoms with van der Waals surface area (Å²) in [4.78, 5) is 10.3. The van der Waals surface area contributed by atoms with E-state index < -0.39 is 9.84 Å². The zero-order valence-corrected chi connectivity index (χ0v) is 8.35. The number of hydrogen-bond acceptors (Lipinski definition) is 3. The van der Waals surface area contributed by atoms with Crippen molar-refractivity contribution in [2.75, 3.05) is 11.5 Å². The van der Waals surface area contributed by atoms with E-state index in [1.807, 2.05) is 0 Å². The third kappa shape index (κ3) is 1.64. The molecule has 1 unspecified atom stereocenters. The normalized spacial score (nSPS) is 34.3. The van der Waals surface area contributed by atoms with Crippen LogP contribution in [0.3, 0.4) is 0 Å². The third-order valence-corrected chi connectivity index (χ3v) is 5.21. The minimum absolute atomic E-state index is 0.242. The molecule has 1 saturated carbocycles. The highest BCUT2D eigenvalue weighted by Crippen LogP contribution is 2.60. The van der Waals surface area contributed by atoms with Crippen LogP contribution in [-0.2, 0) is 14.6 Å². The fourth-order valence-electron chi connectivity index (χ4n) is 2.44. The van der Waals surface area contributed by atoms with Crippen molar-refractivity contribution in [3.8, 4) is 0 Å². The van der Waals surface area contributed by atoms with Gasteiger partial charge in [0, 0.05) is 6.42 Å². The van der Waals surface area contributed by atoms with Crippen LogP contribution in [-0.4, -0.2) is 26.2 Å². The molecule has 1 saturated heterocycles. The monoisotopic (exact) mass is 202 g/mol. The Morgan fingerprint density at radius 1 is 1.31 bits per heavy atom. The first-order chi connectivity index (χ1) is 6.08. The number of sulfone groups is 1. The highest BCUT2D eigenvalue weighted by atomic mass is 32.2. The van der Waals surface area contributed by atoms with Gasteiger partial charge in [-0.1, -0.05) is 0 Å². The van der Waals surface area contributed by atoms with Gasteiger partial charge in [-0.05, 0) is 30.6 Å². The van der Waals surface area contributed by atoms with E-state index in [0.717, 1.165) is 25.5 Å². The van der Waals surface area contributed by atoms with Crippen LogP contribution in [0.25, 0.3) is 0 Å². The summed E-state index contributed by atoms with van der Waals surface area (Å²) in [7, 11) is -2.74. The fraction of sp³-hybridized carbons (Fsp3) is 0.889. The Morgan fingerprint density at radius 2 is 1.92 bits per heavy atom. The Kier molecular flexibility index (Phi) is 1.98. The number of aldehydes is 1. The van der Waals surface area contributed by atoms with Crippen molar-refractivity contribution >= 4 is 16.1 Å². The third-order valence-electron chi connectivity index (χ3n) is 3.56. The predicted octanol–water partition coefficient (Wildman–Crippen LogP) is 0.790. The zero-order chi connectivity index (χ0) is 9.53. The van der Waals surface area contributed by atoms with Crippen molar-refractivity contribution < 1.29 is 13.2 Å². The molecule has 2 aliphatic rings. The highest BCUT2D eigenvalue weighted by molar-refractivity contribution is 7.91. The molecule has 13 heavy (non-hydrogen) atoms. The summed E-state index contributed by atoms with van der Waals surface area (Å²) in [5.74, 6) is 1.16. The SMILES string of the molecule is O=CCC1CC12CCS(=O)(=O)CC2. The molecule has 0 radical (unpaired) electrons. The van der Waals surface area contributed by atoms with Gasteiger partial charge < -0.3 is 4.79 Å². The van der Waals surface area contributed by atoms with Crippen molar-refractivity contribution in [3.05, 3.63) is 0 Å². The van der Waals surface area contributed by atoms with Gasteiger partial charge in [0.15, 0.2) is 0 Å². The summed E-state index contributed by atoms with van der Waals surface area (Å²) in [6.45, 7) is 0. The van der Waals surface area contributed by atoms with E-state index in [1.165, 1.54) is 0 Å². The van der Waals surface area contributed by atoms with E-state index >= 15 is 0 Å². The second-order valence-electron chi connectivity index (χ2n) is 4.32. The predicted molar refractivity (Wildman–Crippen MR) is 49.1 cm³/mol. The van der Waals surface area contributed by atoms with Crippen LogP contribution in [0.15, 0.2) is 0 Å². The van der Waals surface area contributed by atoms with E-state index in [0.29, 0.717) is 23.8 Å². The van der Waals surface area contributed by atoms with Crippen molar-refractivity contribution in [1.29, 1.82) is 0 Å².